The van der Waals surface area contributed by atoms with Crippen LogP contribution in [0.3, 0.4) is 0 Å². The van der Waals surface area contributed by atoms with Gasteiger partial charge in [0.2, 0.25) is 15.9 Å². The maximum Gasteiger partial charge on any atom is 0.257 e. The molecule has 3 rings (SSSR count). The number of carbonyl (C=O) groups excluding carboxylic acids is 2. The minimum absolute atomic E-state index is 0.0449. The van der Waals surface area contributed by atoms with Crippen molar-refractivity contribution in [1.82, 2.24) is 0 Å². The van der Waals surface area contributed by atoms with Crippen molar-refractivity contribution in [3.05, 3.63) is 53.1 Å². The van der Waals surface area contributed by atoms with E-state index in [2.05, 4.69) is 5.32 Å². The molecule has 0 unspecified atom stereocenters. The number of hydrogen-bond donors (Lipinski definition) is 1. The summed E-state index contributed by atoms with van der Waals surface area (Å²) in [6.07, 6.45) is 0. The van der Waals surface area contributed by atoms with Crippen molar-refractivity contribution in [3.8, 4) is 5.75 Å². The third-order valence-electron chi connectivity index (χ3n) is 4.22. The number of benzene rings is 2. The molecule has 2 aromatic rings. The van der Waals surface area contributed by atoms with Gasteiger partial charge >= 0.3 is 0 Å². The fourth-order valence-electron chi connectivity index (χ4n) is 2.90. The molecule has 9 heteroatoms. The SMILES string of the molecule is CCOc1ccc(NC(=O)c2ccc(N3C(=O)[C@@H](C)CS3(=O)=O)cc2Cl)cc1. The third-order valence-corrected chi connectivity index (χ3v) is 6.40. The molecule has 0 bridgehead atoms. The molecule has 0 aromatic heterocycles. The zero-order valence-corrected chi connectivity index (χ0v) is 16.9. The Bertz CT molecular complexity index is 1020. The maximum absolute atomic E-state index is 12.5. The van der Waals surface area contributed by atoms with Crippen LogP contribution in [-0.4, -0.2) is 32.6 Å². The fraction of sp³-hybridized carbons (Fsp3) is 0.263. The first-order valence-electron chi connectivity index (χ1n) is 8.63. The second-order valence-corrected chi connectivity index (χ2v) is 8.63. The van der Waals surface area contributed by atoms with Gasteiger partial charge in [0, 0.05) is 5.69 Å². The number of sulfonamides is 1. The predicted molar refractivity (Wildman–Crippen MR) is 107 cm³/mol. The highest BCUT2D eigenvalue weighted by Gasteiger charge is 2.42. The summed E-state index contributed by atoms with van der Waals surface area (Å²) in [4.78, 5) is 24.7. The highest BCUT2D eigenvalue weighted by Crippen LogP contribution is 2.31. The molecule has 1 aliphatic heterocycles. The van der Waals surface area contributed by atoms with Crippen molar-refractivity contribution in [2.75, 3.05) is 22.0 Å². The highest BCUT2D eigenvalue weighted by atomic mass is 35.5. The zero-order valence-electron chi connectivity index (χ0n) is 15.3. The van der Waals surface area contributed by atoms with Gasteiger partial charge in [-0.1, -0.05) is 18.5 Å². The van der Waals surface area contributed by atoms with Crippen molar-refractivity contribution in [3.63, 3.8) is 0 Å². The van der Waals surface area contributed by atoms with E-state index < -0.39 is 27.8 Å². The summed E-state index contributed by atoms with van der Waals surface area (Å²) in [5, 5.41) is 2.76. The van der Waals surface area contributed by atoms with Gasteiger partial charge in [0.25, 0.3) is 5.91 Å². The summed E-state index contributed by atoms with van der Waals surface area (Å²) in [5.41, 5.74) is 0.841. The first kappa shape index (κ1) is 20.2. The number of rotatable bonds is 5. The second-order valence-electron chi connectivity index (χ2n) is 6.36. The van der Waals surface area contributed by atoms with Gasteiger partial charge in [0.1, 0.15) is 5.75 Å². The van der Waals surface area contributed by atoms with E-state index in [9.17, 15) is 18.0 Å². The first-order valence-corrected chi connectivity index (χ1v) is 10.6. The van der Waals surface area contributed by atoms with Crippen LogP contribution in [0.25, 0.3) is 0 Å². The number of carbonyl (C=O) groups is 2. The summed E-state index contributed by atoms with van der Waals surface area (Å²) in [5.74, 6) is -1.14. The molecule has 148 valence electrons. The van der Waals surface area contributed by atoms with Crippen molar-refractivity contribution in [1.29, 1.82) is 0 Å². The molecule has 1 fully saturated rings. The number of ether oxygens (including phenoxy) is 1. The summed E-state index contributed by atoms with van der Waals surface area (Å²) in [7, 11) is -3.73. The number of hydrogen-bond acceptors (Lipinski definition) is 5. The van der Waals surface area contributed by atoms with Gasteiger partial charge in [0.15, 0.2) is 0 Å². The van der Waals surface area contributed by atoms with E-state index in [-0.39, 0.29) is 22.0 Å². The van der Waals surface area contributed by atoms with E-state index in [0.29, 0.717) is 18.0 Å². The fourth-order valence-corrected chi connectivity index (χ4v) is 4.97. The Hall–Kier alpha value is -2.58. The second kappa shape index (κ2) is 7.81. The monoisotopic (exact) mass is 422 g/mol. The van der Waals surface area contributed by atoms with Crippen LogP contribution < -0.4 is 14.4 Å². The van der Waals surface area contributed by atoms with Gasteiger partial charge < -0.3 is 10.1 Å². The first-order chi connectivity index (χ1) is 13.2. The lowest BCUT2D eigenvalue weighted by molar-refractivity contribution is -0.119. The summed E-state index contributed by atoms with van der Waals surface area (Å²) in [6, 6.07) is 11.0. The lowest BCUT2D eigenvalue weighted by Crippen LogP contribution is -2.30. The Kier molecular flexibility index (Phi) is 5.62. The normalized spacial score (nSPS) is 18.2. The van der Waals surface area contributed by atoms with Crippen LogP contribution in [0.15, 0.2) is 42.5 Å². The Balaban J connectivity index is 1.80. The van der Waals surface area contributed by atoms with E-state index in [1.165, 1.54) is 18.2 Å². The molecule has 0 aliphatic carbocycles. The molecular weight excluding hydrogens is 404 g/mol. The van der Waals surface area contributed by atoms with Crippen LogP contribution in [0.1, 0.15) is 24.2 Å². The van der Waals surface area contributed by atoms with E-state index >= 15 is 0 Å². The van der Waals surface area contributed by atoms with Gasteiger partial charge in [-0.2, -0.15) is 0 Å². The summed E-state index contributed by atoms with van der Waals surface area (Å²) in [6.45, 7) is 3.98. The molecule has 0 radical (unpaired) electrons. The topological polar surface area (TPSA) is 92.8 Å². The van der Waals surface area contributed by atoms with E-state index in [1.807, 2.05) is 6.92 Å². The van der Waals surface area contributed by atoms with Crippen LogP contribution in [0.2, 0.25) is 5.02 Å². The Morgan fingerprint density at radius 3 is 2.46 bits per heavy atom. The average molecular weight is 423 g/mol. The summed E-state index contributed by atoms with van der Waals surface area (Å²) < 4.78 is 30.5. The van der Waals surface area contributed by atoms with Crippen LogP contribution in [0.4, 0.5) is 11.4 Å². The number of nitrogens with one attached hydrogen (secondary N) is 1. The number of halogens is 1. The van der Waals surface area contributed by atoms with E-state index in [0.717, 1.165) is 4.31 Å². The standard InChI is InChI=1S/C19H19ClN2O5S/c1-3-27-15-7-4-13(5-8-15)21-18(23)16-9-6-14(10-17(16)20)22-19(24)12(2)11-28(22,25)26/h4-10,12H,3,11H2,1-2H3,(H,21,23)/t12-/m0/s1. The van der Waals surface area contributed by atoms with Crippen molar-refractivity contribution < 1.29 is 22.7 Å². The van der Waals surface area contributed by atoms with E-state index in [1.54, 1.807) is 31.2 Å². The maximum atomic E-state index is 12.5. The van der Waals surface area contributed by atoms with Crippen LogP contribution in [0, 0.1) is 5.92 Å². The molecule has 0 saturated carbocycles. The van der Waals surface area contributed by atoms with E-state index in [4.69, 9.17) is 16.3 Å². The molecule has 2 aromatic carbocycles. The lowest BCUT2D eigenvalue weighted by Gasteiger charge is -2.16. The zero-order chi connectivity index (χ0) is 20.5. The predicted octanol–water partition coefficient (Wildman–Crippen LogP) is 3.30. The van der Waals surface area contributed by atoms with Crippen LogP contribution in [-0.2, 0) is 14.8 Å². The molecule has 7 nitrogen and oxygen atoms in total. The summed E-state index contributed by atoms with van der Waals surface area (Å²) >= 11 is 6.20. The van der Waals surface area contributed by atoms with Crippen molar-refractivity contribution >= 4 is 44.8 Å². The van der Waals surface area contributed by atoms with Gasteiger partial charge in [-0.05, 0) is 49.4 Å². The Morgan fingerprint density at radius 1 is 1.25 bits per heavy atom. The van der Waals surface area contributed by atoms with Gasteiger partial charge in [-0.3, -0.25) is 9.59 Å². The molecule has 1 atom stereocenters. The van der Waals surface area contributed by atoms with Crippen molar-refractivity contribution in [2.24, 2.45) is 5.92 Å². The largest absolute Gasteiger partial charge is 0.494 e. The smallest absolute Gasteiger partial charge is 0.257 e. The highest BCUT2D eigenvalue weighted by molar-refractivity contribution is 7.94. The van der Waals surface area contributed by atoms with Crippen LogP contribution in [0.5, 0.6) is 5.75 Å². The molecule has 28 heavy (non-hydrogen) atoms. The Morgan fingerprint density at radius 2 is 1.93 bits per heavy atom. The molecule has 0 spiro atoms. The third kappa shape index (κ3) is 3.98. The van der Waals surface area contributed by atoms with Gasteiger partial charge in [0.05, 0.1) is 34.6 Å². The molecule has 1 aliphatic rings. The number of amides is 2. The minimum Gasteiger partial charge on any atom is -0.494 e. The molecule has 1 saturated heterocycles. The van der Waals surface area contributed by atoms with Crippen molar-refractivity contribution in [2.45, 2.75) is 13.8 Å². The molecule has 2 amide bonds. The lowest BCUT2D eigenvalue weighted by atomic mass is 10.1. The minimum atomic E-state index is -3.73. The Labute approximate surface area is 168 Å². The quantitative estimate of drug-likeness (QED) is 0.797. The molecule has 1 heterocycles. The van der Waals surface area contributed by atoms with Gasteiger partial charge in [-0.15, -0.1) is 0 Å². The average Bonchev–Trinajstić information content (AvgIpc) is 2.83. The van der Waals surface area contributed by atoms with Gasteiger partial charge in [-0.25, -0.2) is 12.7 Å². The van der Waals surface area contributed by atoms with Crippen LogP contribution >= 0.6 is 11.6 Å². The number of nitrogens with zero attached hydrogens (tertiary/aromatic N) is 1. The molecule has 1 N–H and O–H groups in total. The number of anilines is 2. The molecular formula is C19H19ClN2O5S.